The zero-order valence-corrected chi connectivity index (χ0v) is 13.7. The number of rotatable bonds is 5. The van der Waals surface area contributed by atoms with Gasteiger partial charge < -0.3 is 15.3 Å². The minimum absolute atomic E-state index is 0.541. The third-order valence-electron chi connectivity index (χ3n) is 4.61. The van der Waals surface area contributed by atoms with E-state index in [4.69, 9.17) is 5.11 Å². The molecular formula is C19H23N3O2. The molecule has 1 aromatic heterocycles. The number of anilines is 1. The van der Waals surface area contributed by atoms with Crippen LogP contribution in [0.15, 0.2) is 48.7 Å². The topological polar surface area (TPSA) is 65.5 Å². The maximum Gasteiger partial charge on any atom is 0.404 e. The second kappa shape index (κ2) is 7.81. The standard InChI is InChI=1S/C19H23N3O2/c23-19(24)21-12-8-15-9-13-22(14-10-15)18-17(7-4-11-20-18)16-5-2-1-3-6-16/h1-7,11,15,21H,8-10,12-14H2,(H,23,24). The summed E-state index contributed by atoms with van der Waals surface area (Å²) in [7, 11) is 0. The van der Waals surface area contributed by atoms with E-state index in [1.165, 1.54) is 11.1 Å². The molecule has 5 heteroatoms. The van der Waals surface area contributed by atoms with Gasteiger partial charge in [-0.2, -0.15) is 0 Å². The normalized spacial score (nSPS) is 15.2. The number of piperidine rings is 1. The Balaban J connectivity index is 1.64. The average Bonchev–Trinajstić information content (AvgIpc) is 2.63. The van der Waals surface area contributed by atoms with Crippen LogP contribution in [0.3, 0.4) is 0 Å². The molecule has 24 heavy (non-hydrogen) atoms. The number of nitrogens with zero attached hydrogens (tertiary/aromatic N) is 2. The lowest BCUT2D eigenvalue weighted by Gasteiger charge is -2.34. The van der Waals surface area contributed by atoms with Gasteiger partial charge in [-0.3, -0.25) is 0 Å². The molecule has 2 aromatic rings. The van der Waals surface area contributed by atoms with Crippen LogP contribution in [-0.2, 0) is 0 Å². The Hall–Kier alpha value is -2.56. The van der Waals surface area contributed by atoms with Crippen LogP contribution in [0.2, 0.25) is 0 Å². The summed E-state index contributed by atoms with van der Waals surface area (Å²) in [4.78, 5) is 17.5. The van der Waals surface area contributed by atoms with E-state index in [0.29, 0.717) is 12.5 Å². The molecule has 0 atom stereocenters. The van der Waals surface area contributed by atoms with Crippen LogP contribution in [0.4, 0.5) is 10.6 Å². The van der Waals surface area contributed by atoms with E-state index in [1.54, 1.807) is 0 Å². The predicted octanol–water partition coefficient (Wildman–Crippen LogP) is 3.62. The van der Waals surface area contributed by atoms with Crippen LogP contribution >= 0.6 is 0 Å². The van der Waals surface area contributed by atoms with Crippen molar-refractivity contribution in [3.63, 3.8) is 0 Å². The van der Waals surface area contributed by atoms with Crippen molar-refractivity contribution in [1.29, 1.82) is 0 Å². The summed E-state index contributed by atoms with van der Waals surface area (Å²) in [6.45, 7) is 2.47. The molecule has 0 unspecified atom stereocenters. The highest BCUT2D eigenvalue weighted by Crippen LogP contribution is 2.31. The lowest BCUT2D eigenvalue weighted by Crippen LogP contribution is -2.35. The highest BCUT2D eigenvalue weighted by molar-refractivity contribution is 5.75. The van der Waals surface area contributed by atoms with Gasteiger partial charge in [0.15, 0.2) is 0 Å². The van der Waals surface area contributed by atoms with Gasteiger partial charge in [0.1, 0.15) is 5.82 Å². The molecule has 1 aliphatic rings. The molecule has 1 saturated heterocycles. The Kier molecular flexibility index (Phi) is 5.31. The fourth-order valence-corrected chi connectivity index (χ4v) is 3.31. The minimum Gasteiger partial charge on any atom is -0.465 e. The van der Waals surface area contributed by atoms with Gasteiger partial charge in [-0.15, -0.1) is 0 Å². The number of hydrogen-bond donors (Lipinski definition) is 2. The summed E-state index contributed by atoms with van der Waals surface area (Å²) in [6, 6.07) is 14.5. The highest BCUT2D eigenvalue weighted by atomic mass is 16.4. The minimum atomic E-state index is -0.937. The molecule has 0 aliphatic carbocycles. The number of pyridine rings is 1. The summed E-state index contributed by atoms with van der Waals surface area (Å²) in [6.07, 6.45) is 3.98. The van der Waals surface area contributed by atoms with E-state index in [0.717, 1.165) is 38.2 Å². The molecule has 2 heterocycles. The van der Waals surface area contributed by atoms with Gasteiger partial charge in [0.2, 0.25) is 0 Å². The molecule has 1 aromatic carbocycles. The third kappa shape index (κ3) is 4.04. The van der Waals surface area contributed by atoms with Gasteiger partial charge in [0, 0.05) is 31.4 Å². The first-order valence-corrected chi connectivity index (χ1v) is 8.46. The monoisotopic (exact) mass is 325 g/mol. The Morgan fingerprint density at radius 1 is 1.17 bits per heavy atom. The summed E-state index contributed by atoms with van der Waals surface area (Å²) >= 11 is 0. The second-order valence-corrected chi connectivity index (χ2v) is 6.19. The van der Waals surface area contributed by atoms with Gasteiger partial charge in [0.05, 0.1) is 0 Å². The number of aromatic nitrogens is 1. The van der Waals surface area contributed by atoms with Crippen molar-refractivity contribution in [1.82, 2.24) is 10.3 Å². The van der Waals surface area contributed by atoms with Crippen molar-refractivity contribution < 1.29 is 9.90 Å². The van der Waals surface area contributed by atoms with Crippen molar-refractivity contribution >= 4 is 11.9 Å². The van der Waals surface area contributed by atoms with Gasteiger partial charge >= 0.3 is 6.09 Å². The van der Waals surface area contributed by atoms with Crippen molar-refractivity contribution in [2.24, 2.45) is 5.92 Å². The quantitative estimate of drug-likeness (QED) is 0.881. The molecule has 1 amide bonds. The van der Waals surface area contributed by atoms with E-state index < -0.39 is 6.09 Å². The Morgan fingerprint density at radius 3 is 2.62 bits per heavy atom. The van der Waals surface area contributed by atoms with Crippen molar-refractivity contribution in [3.8, 4) is 11.1 Å². The molecule has 0 spiro atoms. The number of carbonyl (C=O) groups is 1. The predicted molar refractivity (Wildman–Crippen MR) is 95.3 cm³/mol. The lowest BCUT2D eigenvalue weighted by molar-refractivity contribution is 0.193. The van der Waals surface area contributed by atoms with Crippen molar-refractivity contribution in [2.75, 3.05) is 24.5 Å². The van der Waals surface area contributed by atoms with Gasteiger partial charge in [-0.1, -0.05) is 30.3 Å². The van der Waals surface area contributed by atoms with Crippen LogP contribution < -0.4 is 10.2 Å². The average molecular weight is 325 g/mol. The van der Waals surface area contributed by atoms with Crippen LogP contribution in [0.1, 0.15) is 19.3 Å². The molecule has 126 valence electrons. The molecule has 1 fully saturated rings. The summed E-state index contributed by atoms with van der Waals surface area (Å²) < 4.78 is 0. The van der Waals surface area contributed by atoms with Crippen molar-refractivity contribution in [2.45, 2.75) is 19.3 Å². The molecule has 3 rings (SSSR count). The Morgan fingerprint density at radius 2 is 1.92 bits per heavy atom. The first kappa shape index (κ1) is 16.3. The number of nitrogens with one attached hydrogen (secondary N) is 1. The smallest absolute Gasteiger partial charge is 0.404 e. The second-order valence-electron chi connectivity index (χ2n) is 6.19. The first-order valence-electron chi connectivity index (χ1n) is 8.46. The van der Waals surface area contributed by atoms with E-state index in [9.17, 15) is 4.79 Å². The SMILES string of the molecule is O=C(O)NCCC1CCN(c2ncccc2-c2ccccc2)CC1. The Labute approximate surface area is 142 Å². The fraction of sp³-hybridized carbons (Fsp3) is 0.368. The molecule has 5 nitrogen and oxygen atoms in total. The molecular weight excluding hydrogens is 302 g/mol. The van der Waals surface area contributed by atoms with E-state index in [1.807, 2.05) is 30.5 Å². The fourth-order valence-electron chi connectivity index (χ4n) is 3.31. The summed E-state index contributed by atoms with van der Waals surface area (Å²) in [5.41, 5.74) is 2.36. The van der Waals surface area contributed by atoms with E-state index >= 15 is 0 Å². The van der Waals surface area contributed by atoms with Crippen LogP contribution in [0.5, 0.6) is 0 Å². The Bertz CT molecular complexity index is 667. The van der Waals surface area contributed by atoms with Gasteiger partial charge in [0.25, 0.3) is 0 Å². The molecule has 2 N–H and O–H groups in total. The molecule has 0 saturated carbocycles. The maximum atomic E-state index is 10.5. The first-order chi connectivity index (χ1) is 11.7. The van der Waals surface area contributed by atoms with Crippen molar-refractivity contribution in [3.05, 3.63) is 48.7 Å². The van der Waals surface area contributed by atoms with Crippen LogP contribution in [-0.4, -0.2) is 35.8 Å². The zero-order valence-electron chi connectivity index (χ0n) is 13.7. The maximum absolute atomic E-state index is 10.5. The number of hydrogen-bond acceptors (Lipinski definition) is 3. The van der Waals surface area contributed by atoms with Gasteiger partial charge in [-0.05, 0) is 42.9 Å². The third-order valence-corrected chi connectivity index (χ3v) is 4.61. The number of carboxylic acid groups (broad SMARTS) is 1. The molecule has 1 aliphatic heterocycles. The van der Waals surface area contributed by atoms with Crippen LogP contribution in [0, 0.1) is 5.92 Å². The van der Waals surface area contributed by atoms with E-state index in [-0.39, 0.29) is 0 Å². The summed E-state index contributed by atoms with van der Waals surface area (Å²) in [5.74, 6) is 1.63. The van der Waals surface area contributed by atoms with E-state index in [2.05, 4.69) is 33.4 Å². The summed E-state index contributed by atoms with van der Waals surface area (Å²) in [5, 5.41) is 11.1. The van der Waals surface area contributed by atoms with Gasteiger partial charge in [-0.25, -0.2) is 9.78 Å². The highest BCUT2D eigenvalue weighted by Gasteiger charge is 2.22. The van der Waals surface area contributed by atoms with Crippen LogP contribution in [0.25, 0.3) is 11.1 Å². The molecule has 0 bridgehead atoms. The number of amides is 1. The zero-order chi connectivity index (χ0) is 16.8. The molecule has 0 radical (unpaired) electrons. The number of benzene rings is 1. The largest absolute Gasteiger partial charge is 0.465 e. The lowest BCUT2D eigenvalue weighted by atomic mass is 9.93.